The van der Waals surface area contributed by atoms with E-state index in [1.165, 1.54) is 18.2 Å². The number of nitrogens with one attached hydrogen (secondary N) is 1. The quantitative estimate of drug-likeness (QED) is 0.298. The number of nitro benzene ring substituents is 1. The van der Waals surface area contributed by atoms with Crippen molar-refractivity contribution in [2.45, 2.75) is 6.54 Å². The number of azide groups is 1. The third-order valence-corrected chi connectivity index (χ3v) is 2.80. The van der Waals surface area contributed by atoms with Crippen LogP contribution in [0.1, 0.15) is 15.9 Å². The molecule has 1 N–H and O–H groups in total. The molecule has 0 unspecified atom stereocenters. The second kappa shape index (κ2) is 6.87. The molecule has 0 aliphatic rings. The minimum Gasteiger partial charge on any atom is -0.322 e. The number of non-ortho nitro benzene ring substituents is 1. The van der Waals surface area contributed by atoms with Crippen molar-refractivity contribution in [3.63, 3.8) is 0 Å². The molecule has 2 aromatic rings. The van der Waals surface area contributed by atoms with Crippen molar-refractivity contribution in [1.29, 1.82) is 0 Å². The number of amides is 1. The number of anilines is 1. The van der Waals surface area contributed by atoms with Crippen LogP contribution < -0.4 is 5.32 Å². The summed E-state index contributed by atoms with van der Waals surface area (Å²) in [6, 6.07) is 12.6. The van der Waals surface area contributed by atoms with Gasteiger partial charge >= 0.3 is 0 Å². The zero-order valence-electron chi connectivity index (χ0n) is 11.3. The van der Waals surface area contributed by atoms with Crippen molar-refractivity contribution in [2.24, 2.45) is 5.11 Å². The standard InChI is InChI=1S/C14H11N5O3/c15-18-16-9-10-6-12(8-13(7-10)19(21)22)17-14(20)11-4-2-1-3-5-11/h1-8H,9H2,(H,17,20). The fraction of sp³-hybridized carbons (Fsp3) is 0.0714. The van der Waals surface area contributed by atoms with Crippen molar-refractivity contribution in [1.82, 2.24) is 0 Å². The summed E-state index contributed by atoms with van der Waals surface area (Å²) < 4.78 is 0. The van der Waals surface area contributed by atoms with Crippen LogP contribution in [0, 0.1) is 10.1 Å². The van der Waals surface area contributed by atoms with Gasteiger partial charge in [-0.1, -0.05) is 23.3 Å². The topological polar surface area (TPSA) is 121 Å². The lowest BCUT2D eigenvalue weighted by molar-refractivity contribution is -0.384. The van der Waals surface area contributed by atoms with Crippen LogP contribution in [0.2, 0.25) is 0 Å². The molecule has 0 spiro atoms. The molecule has 0 atom stereocenters. The third kappa shape index (κ3) is 3.81. The Morgan fingerprint density at radius 2 is 2.00 bits per heavy atom. The maximum absolute atomic E-state index is 12.1. The Morgan fingerprint density at radius 1 is 1.27 bits per heavy atom. The number of nitrogens with zero attached hydrogens (tertiary/aromatic N) is 4. The number of nitro groups is 1. The van der Waals surface area contributed by atoms with Crippen LogP contribution in [0.4, 0.5) is 11.4 Å². The zero-order chi connectivity index (χ0) is 15.9. The van der Waals surface area contributed by atoms with Crippen molar-refractivity contribution in [3.8, 4) is 0 Å². The highest BCUT2D eigenvalue weighted by atomic mass is 16.6. The highest BCUT2D eigenvalue weighted by Gasteiger charge is 2.12. The molecule has 22 heavy (non-hydrogen) atoms. The van der Waals surface area contributed by atoms with E-state index in [0.717, 1.165) is 0 Å². The van der Waals surface area contributed by atoms with Gasteiger partial charge in [0, 0.05) is 28.3 Å². The maximum atomic E-state index is 12.1. The van der Waals surface area contributed by atoms with Crippen LogP contribution in [0.15, 0.2) is 53.6 Å². The van der Waals surface area contributed by atoms with E-state index in [0.29, 0.717) is 11.1 Å². The van der Waals surface area contributed by atoms with Gasteiger partial charge in [-0.25, -0.2) is 0 Å². The number of hydrogen-bond donors (Lipinski definition) is 1. The Labute approximate surface area is 125 Å². The van der Waals surface area contributed by atoms with E-state index >= 15 is 0 Å². The lowest BCUT2D eigenvalue weighted by Gasteiger charge is -2.07. The molecular weight excluding hydrogens is 286 g/mol. The molecule has 1 amide bonds. The van der Waals surface area contributed by atoms with Crippen molar-refractivity contribution >= 4 is 17.3 Å². The molecule has 2 rings (SSSR count). The van der Waals surface area contributed by atoms with Crippen LogP contribution >= 0.6 is 0 Å². The van der Waals surface area contributed by atoms with Gasteiger partial charge in [-0.3, -0.25) is 14.9 Å². The van der Waals surface area contributed by atoms with E-state index in [1.54, 1.807) is 30.3 Å². The fourth-order valence-corrected chi connectivity index (χ4v) is 1.85. The molecule has 0 fully saturated rings. The molecule has 8 nitrogen and oxygen atoms in total. The van der Waals surface area contributed by atoms with Gasteiger partial charge in [-0.2, -0.15) is 0 Å². The first-order valence-corrected chi connectivity index (χ1v) is 6.26. The van der Waals surface area contributed by atoms with Crippen LogP contribution in [-0.2, 0) is 6.54 Å². The van der Waals surface area contributed by atoms with Gasteiger partial charge in [0.2, 0.25) is 0 Å². The van der Waals surface area contributed by atoms with Crippen molar-refractivity contribution in [3.05, 3.63) is 80.2 Å². The molecule has 0 heterocycles. The molecular formula is C14H11N5O3. The van der Waals surface area contributed by atoms with E-state index in [1.807, 2.05) is 0 Å². The Morgan fingerprint density at radius 3 is 2.64 bits per heavy atom. The summed E-state index contributed by atoms with van der Waals surface area (Å²) in [5, 5.41) is 16.9. The van der Waals surface area contributed by atoms with E-state index in [4.69, 9.17) is 5.53 Å². The SMILES string of the molecule is [N-]=[N+]=NCc1cc(NC(=O)c2ccccc2)cc([N+](=O)[O-])c1. The van der Waals surface area contributed by atoms with Gasteiger partial charge in [0.15, 0.2) is 0 Å². The van der Waals surface area contributed by atoms with E-state index in [2.05, 4.69) is 15.3 Å². The third-order valence-electron chi connectivity index (χ3n) is 2.80. The summed E-state index contributed by atoms with van der Waals surface area (Å²) in [6.07, 6.45) is 0. The summed E-state index contributed by atoms with van der Waals surface area (Å²) in [7, 11) is 0. The summed E-state index contributed by atoms with van der Waals surface area (Å²) in [5.41, 5.74) is 9.28. The summed E-state index contributed by atoms with van der Waals surface area (Å²) >= 11 is 0. The van der Waals surface area contributed by atoms with Crippen molar-refractivity contribution in [2.75, 3.05) is 5.32 Å². The number of benzene rings is 2. The monoisotopic (exact) mass is 297 g/mol. The molecule has 0 saturated carbocycles. The maximum Gasteiger partial charge on any atom is 0.271 e. The summed E-state index contributed by atoms with van der Waals surface area (Å²) in [4.78, 5) is 25.0. The Hall–Kier alpha value is -3.38. The molecule has 8 heteroatoms. The van der Waals surface area contributed by atoms with Gasteiger partial charge in [-0.05, 0) is 29.3 Å². The van der Waals surface area contributed by atoms with Gasteiger partial charge in [0.05, 0.1) is 11.5 Å². The fourth-order valence-electron chi connectivity index (χ4n) is 1.85. The van der Waals surface area contributed by atoms with Crippen molar-refractivity contribution < 1.29 is 9.72 Å². The largest absolute Gasteiger partial charge is 0.322 e. The normalized spacial score (nSPS) is 9.64. The summed E-state index contributed by atoms with van der Waals surface area (Å²) in [6.45, 7) is -0.0353. The van der Waals surface area contributed by atoms with Crippen LogP contribution in [-0.4, -0.2) is 10.8 Å². The Bertz CT molecular complexity index is 754. The second-order valence-corrected chi connectivity index (χ2v) is 4.35. The molecule has 0 saturated heterocycles. The number of carbonyl (C=O) groups excluding carboxylic acids is 1. The Balaban J connectivity index is 2.29. The first-order valence-electron chi connectivity index (χ1n) is 6.26. The smallest absolute Gasteiger partial charge is 0.271 e. The molecule has 2 aromatic carbocycles. The first-order chi connectivity index (χ1) is 10.6. The van der Waals surface area contributed by atoms with Crippen LogP contribution in [0.25, 0.3) is 10.4 Å². The summed E-state index contributed by atoms with van der Waals surface area (Å²) in [5.74, 6) is -0.379. The predicted octanol–water partition coefficient (Wildman–Crippen LogP) is 3.66. The number of carbonyl (C=O) groups is 1. The average Bonchev–Trinajstić information content (AvgIpc) is 2.53. The van der Waals surface area contributed by atoms with Gasteiger partial charge < -0.3 is 5.32 Å². The minimum atomic E-state index is -0.572. The average molecular weight is 297 g/mol. The second-order valence-electron chi connectivity index (χ2n) is 4.35. The lowest BCUT2D eigenvalue weighted by atomic mass is 10.1. The lowest BCUT2D eigenvalue weighted by Crippen LogP contribution is -2.12. The molecule has 0 radical (unpaired) electrons. The van der Waals surface area contributed by atoms with Gasteiger partial charge in [-0.15, -0.1) is 0 Å². The van der Waals surface area contributed by atoms with Gasteiger partial charge in [0.1, 0.15) is 0 Å². The molecule has 0 aliphatic heterocycles. The van der Waals surface area contributed by atoms with E-state index in [9.17, 15) is 14.9 Å². The molecule has 0 aliphatic carbocycles. The van der Waals surface area contributed by atoms with E-state index < -0.39 is 4.92 Å². The highest BCUT2D eigenvalue weighted by Crippen LogP contribution is 2.22. The molecule has 110 valence electrons. The van der Waals surface area contributed by atoms with Crippen LogP contribution in [0.3, 0.4) is 0 Å². The molecule has 0 aromatic heterocycles. The van der Waals surface area contributed by atoms with Crippen LogP contribution in [0.5, 0.6) is 0 Å². The first kappa shape index (κ1) is 15.0. The minimum absolute atomic E-state index is 0.0353. The number of hydrogen-bond acceptors (Lipinski definition) is 4. The Kier molecular flexibility index (Phi) is 4.69. The highest BCUT2D eigenvalue weighted by molar-refractivity contribution is 6.04. The molecule has 0 bridgehead atoms. The van der Waals surface area contributed by atoms with E-state index in [-0.39, 0.29) is 23.8 Å². The van der Waals surface area contributed by atoms with Gasteiger partial charge in [0.25, 0.3) is 11.6 Å². The number of rotatable bonds is 5. The zero-order valence-corrected chi connectivity index (χ0v) is 11.3. The predicted molar refractivity (Wildman–Crippen MR) is 80.3 cm³/mol.